The van der Waals surface area contributed by atoms with Gasteiger partial charge in [0.1, 0.15) is 11.6 Å². The molecular weight excluding hydrogens is 310 g/mol. The van der Waals surface area contributed by atoms with Crippen LogP contribution >= 0.6 is 0 Å². The Bertz CT molecular complexity index is 691. The molecule has 0 aliphatic carbocycles. The van der Waals surface area contributed by atoms with Crippen molar-refractivity contribution in [3.63, 3.8) is 0 Å². The molecule has 128 valence electrons. The highest BCUT2D eigenvalue weighted by Gasteiger charge is 2.10. The number of aromatic nitrogens is 2. The van der Waals surface area contributed by atoms with Crippen LogP contribution in [0.2, 0.25) is 0 Å². The molecular formula is C17H21N3O4. The van der Waals surface area contributed by atoms with Crippen molar-refractivity contribution in [3.05, 3.63) is 41.9 Å². The second kappa shape index (κ2) is 8.83. The van der Waals surface area contributed by atoms with Gasteiger partial charge in [0.15, 0.2) is 6.61 Å². The number of benzene rings is 1. The number of nitrogens with zero attached hydrogens (tertiary/aromatic N) is 2. The number of hydrogen-bond acceptors (Lipinski definition) is 6. The molecule has 0 radical (unpaired) electrons. The normalized spacial score (nSPS) is 10.3. The Hall–Kier alpha value is -2.67. The summed E-state index contributed by atoms with van der Waals surface area (Å²) in [6.07, 6.45) is 0.668. The summed E-state index contributed by atoms with van der Waals surface area (Å²) in [7, 11) is 3.14. The van der Waals surface area contributed by atoms with E-state index in [9.17, 15) is 4.79 Å². The monoisotopic (exact) mass is 331 g/mol. The summed E-state index contributed by atoms with van der Waals surface area (Å²) >= 11 is 0. The highest BCUT2D eigenvalue weighted by atomic mass is 16.5. The smallest absolute Gasteiger partial charge is 0.262 e. The maximum Gasteiger partial charge on any atom is 0.262 e. The molecule has 1 aromatic carbocycles. The SMILES string of the molecule is CCc1nc(COC)cc(OCC(=O)Nc2ccccc2OC)n1. The van der Waals surface area contributed by atoms with Gasteiger partial charge in [-0.05, 0) is 12.1 Å². The fraction of sp³-hybridized carbons (Fsp3) is 0.353. The Labute approximate surface area is 141 Å². The molecule has 7 heteroatoms. The van der Waals surface area contributed by atoms with Crippen LogP contribution in [0, 0.1) is 0 Å². The van der Waals surface area contributed by atoms with Gasteiger partial charge in [-0.15, -0.1) is 0 Å². The van der Waals surface area contributed by atoms with Crippen molar-refractivity contribution >= 4 is 11.6 Å². The van der Waals surface area contributed by atoms with E-state index in [1.807, 2.05) is 19.1 Å². The zero-order chi connectivity index (χ0) is 17.4. The van der Waals surface area contributed by atoms with E-state index < -0.39 is 0 Å². The molecule has 0 atom stereocenters. The molecule has 1 aromatic heterocycles. The number of methoxy groups -OCH3 is 2. The predicted molar refractivity (Wildman–Crippen MR) is 89.2 cm³/mol. The first-order chi connectivity index (χ1) is 11.7. The minimum Gasteiger partial charge on any atom is -0.495 e. The number of hydrogen-bond donors (Lipinski definition) is 1. The van der Waals surface area contributed by atoms with Gasteiger partial charge in [-0.1, -0.05) is 19.1 Å². The topological polar surface area (TPSA) is 82.6 Å². The second-order valence-electron chi connectivity index (χ2n) is 4.94. The fourth-order valence-electron chi connectivity index (χ4n) is 2.05. The van der Waals surface area contributed by atoms with Gasteiger partial charge in [-0.3, -0.25) is 4.79 Å². The van der Waals surface area contributed by atoms with E-state index in [1.54, 1.807) is 32.4 Å². The maximum atomic E-state index is 12.1. The van der Waals surface area contributed by atoms with E-state index in [1.165, 1.54) is 0 Å². The Morgan fingerprint density at radius 1 is 1.21 bits per heavy atom. The molecule has 0 aliphatic rings. The van der Waals surface area contributed by atoms with Crippen molar-refractivity contribution in [3.8, 4) is 11.6 Å². The Balaban J connectivity index is 1.99. The zero-order valence-corrected chi connectivity index (χ0v) is 14.0. The van der Waals surface area contributed by atoms with Crippen LogP contribution in [-0.4, -0.2) is 36.7 Å². The quantitative estimate of drug-likeness (QED) is 0.798. The summed E-state index contributed by atoms with van der Waals surface area (Å²) in [5.41, 5.74) is 1.30. The van der Waals surface area contributed by atoms with E-state index in [0.29, 0.717) is 41.9 Å². The van der Waals surface area contributed by atoms with E-state index in [4.69, 9.17) is 14.2 Å². The lowest BCUT2D eigenvalue weighted by atomic mass is 10.3. The molecule has 1 N–H and O–H groups in total. The van der Waals surface area contributed by atoms with E-state index in [-0.39, 0.29) is 12.5 Å². The highest BCUT2D eigenvalue weighted by molar-refractivity contribution is 5.93. The lowest BCUT2D eigenvalue weighted by Crippen LogP contribution is -2.21. The largest absolute Gasteiger partial charge is 0.495 e. The van der Waals surface area contributed by atoms with Crippen LogP contribution in [0.25, 0.3) is 0 Å². The summed E-state index contributed by atoms with van der Waals surface area (Å²) < 4.78 is 15.7. The second-order valence-corrected chi connectivity index (χ2v) is 4.94. The summed E-state index contributed by atoms with van der Waals surface area (Å²) in [4.78, 5) is 20.6. The molecule has 0 spiro atoms. The third-order valence-corrected chi connectivity index (χ3v) is 3.14. The van der Waals surface area contributed by atoms with Gasteiger partial charge in [-0.2, -0.15) is 4.98 Å². The van der Waals surface area contributed by atoms with Crippen molar-refractivity contribution in [1.29, 1.82) is 0 Å². The van der Waals surface area contributed by atoms with Gasteiger partial charge in [-0.25, -0.2) is 4.98 Å². The average Bonchev–Trinajstić information content (AvgIpc) is 2.60. The van der Waals surface area contributed by atoms with Gasteiger partial charge in [0.05, 0.1) is 25.1 Å². The Kier molecular flexibility index (Phi) is 6.51. The molecule has 24 heavy (non-hydrogen) atoms. The zero-order valence-electron chi connectivity index (χ0n) is 14.0. The van der Waals surface area contributed by atoms with Crippen LogP contribution < -0.4 is 14.8 Å². The third-order valence-electron chi connectivity index (χ3n) is 3.14. The molecule has 2 aromatic rings. The Morgan fingerprint density at radius 3 is 2.71 bits per heavy atom. The first-order valence-electron chi connectivity index (χ1n) is 7.57. The number of ether oxygens (including phenoxy) is 3. The molecule has 0 fully saturated rings. The predicted octanol–water partition coefficient (Wildman–Crippen LogP) is 2.21. The molecule has 7 nitrogen and oxygen atoms in total. The molecule has 0 bridgehead atoms. The number of carbonyl (C=O) groups excluding carboxylic acids is 1. The van der Waals surface area contributed by atoms with Crippen LogP contribution in [0.15, 0.2) is 30.3 Å². The van der Waals surface area contributed by atoms with E-state index in [0.717, 1.165) is 0 Å². The van der Waals surface area contributed by atoms with Gasteiger partial charge in [0.25, 0.3) is 5.91 Å². The molecule has 0 aliphatic heterocycles. The van der Waals surface area contributed by atoms with E-state index >= 15 is 0 Å². The van der Waals surface area contributed by atoms with Crippen molar-refractivity contribution in [2.75, 3.05) is 26.1 Å². The summed E-state index contributed by atoms with van der Waals surface area (Å²) in [5, 5.41) is 2.74. The summed E-state index contributed by atoms with van der Waals surface area (Å²) in [6.45, 7) is 2.15. The number of amides is 1. The summed E-state index contributed by atoms with van der Waals surface area (Å²) in [6, 6.07) is 8.83. The first kappa shape index (κ1) is 17.7. The number of nitrogens with one attached hydrogen (secondary N) is 1. The van der Waals surface area contributed by atoms with Crippen molar-refractivity contribution in [2.24, 2.45) is 0 Å². The number of rotatable bonds is 8. The third kappa shape index (κ3) is 4.92. The van der Waals surface area contributed by atoms with Gasteiger partial charge in [0.2, 0.25) is 5.88 Å². The summed E-state index contributed by atoms with van der Waals surface area (Å²) in [5.74, 6) is 1.28. The molecule has 2 rings (SSSR count). The van der Waals surface area contributed by atoms with Crippen molar-refractivity contribution < 1.29 is 19.0 Å². The van der Waals surface area contributed by atoms with Gasteiger partial charge in [0, 0.05) is 19.6 Å². The van der Waals surface area contributed by atoms with Gasteiger partial charge < -0.3 is 19.5 Å². The van der Waals surface area contributed by atoms with Crippen LogP contribution in [0.5, 0.6) is 11.6 Å². The molecule has 1 heterocycles. The molecule has 0 saturated carbocycles. The minimum atomic E-state index is -0.301. The number of para-hydroxylation sites is 2. The lowest BCUT2D eigenvalue weighted by molar-refractivity contribution is -0.118. The van der Waals surface area contributed by atoms with Crippen LogP contribution in [-0.2, 0) is 22.6 Å². The minimum absolute atomic E-state index is 0.162. The van der Waals surface area contributed by atoms with Crippen LogP contribution in [0.1, 0.15) is 18.4 Å². The highest BCUT2D eigenvalue weighted by Crippen LogP contribution is 2.22. The maximum absolute atomic E-state index is 12.1. The number of aryl methyl sites for hydroxylation is 1. The molecule has 0 unspecified atom stereocenters. The Morgan fingerprint density at radius 2 is 2.00 bits per heavy atom. The van der Waals surface area contributed by atoms with E-state index in [2.05, 4.69) is 15.3 Å². The first-order valence-corrected chi connectivity index (χ1v) is 7.57. The number of carbonyl (C=O) groups is 1. The average molecular weight is 331 g/mol. The van der Waals surface area contributed by atoms with Crippen LogP contribution in [0.4, 0.5) is 5.69 Å². The van der Waals surface area contributed by atoms with Crippen molar-refractivity contribution in [1.82, 2.24) is 9.97 Å². The number of anilines is 1. The molecule has 1 amide bonds. The van der Waals surface area contributed by atoms with Crippen molar-refractivity contribution in [2.45, 2.75) is 20.0 Å². The standard InChI is InChI=1S/C17H21N3O4/c1-4-15-18-12(10-22-2)9-17(20-15)24-11-16(21)19-13-7-5-6-8-14(13)23-3/h5-9H,4,10-11H2,1-3H3,(H,19,21). The van der Waals surface area contributed by atoms with Crippen LogP contribution in [0.3, 0.4) is 0 Å². The van der Waals surface area contributed by atoms with Gasteiger partial charge >= 0.3 is 0 Å². The fourth-order valence-corrected chi connectivity index (χ4v) is 2.05. The lowest BCUT2D eigenvalue weighted by Gasteiger charge is -2.11. The molecule has 0 saturated heterocycles.